The number of hydrogen-bond acceptors (Lipinski definition) is 3. The third-order valence-corrected chi connectivity index (χ3v) is 3.82. The van der Waals surface area contributed by atoms with Gasteiger partial charge in [0.05, 0.1) is 0 Å². The molecule has 1 aromatic rings. The second-order valence-corrected chi connectivity index (χ2v) is 5.75. The van der Waals surface area contributed by atoms with E-state index < -0.39 is 0 Å². The summed E-state index contributed by atoms with van der Waals surface area (Å²) in [5.41, 5.74) is 0.849. The van der Waals surface area contributed by atoms with Crippen LogP contribution in [0.2, 0.25) is 0 Å². The highest BCUT2D eigenvalue weighted by atomic mass is 16.2. The number of pyridine rings is 1. The zero-order valence-electron chi connectivity index (χ0n) is 13.0. The third kappa shape index (κ3) is 5.71. The Labute approximate surface area is 131 Å². The van der Waals surface area contributed by atoms with Crippen molar-refractivity contribution in [1.82, 2.24) is 15.6 Å². The van der Waals surface area contributed by atoms with Crippen LogP contribution in [0.4, 0.5) is 10.6 Å². The molecular formula is C16H24N4O2. The number of hydrogen-bond donors (Lipinski definition) is 3. The minimum atomic E-state index is -0.201. The number of amides is 3. The number of carbonyl (C=O) groups is 2. The molecule has 1 heterocycles. The fraction of sp³-hybridized carbons (Fsp3) is 0.562. The van der Waals surface area contributed by atoms with Crippen LogP contribution in [0.1, 0.15) is 37.8 Å². The normalized spacial score (nSPS) is 14.6. The molecule has 0 unspecified atom stereocenters. The summed E-state index contributed by atoms with van der Waals surface area (Å²) >= 11 is 0. The van der Waals surface area contributed by atoms with Crippen LogP contribution in [0.5, 0.6) is 0 Å². The molecule has 22 heavy (non-hydrogen) atoms. The molecule has 1 fully saturated rings. The predicted molar refractivity (Wildman–Crippen MR) is 85.6 cm³/mol. The Morgan fingerprint density at radius 3 is 2.73 bits per heavy atom. The maximum absolute atomic E-state index is 11.7. The van der Waals surface area contributed by atoms with Gasteiger partial charge in [-0.25, -0.2) is 9.78 Å². The van der Waals surface area contributed by atoms with E-state index in [9.17, 15) is 9.59 Å². The van der Waals surface area contributed by atoms with E-state index in [0.717, 1.165) is 12.2 Å². The first-order valence-corrected chi connectivity index (χ1v) is 7.88. The molecule has 1 saturated carbocycles. The van der Waals surface area contributed by atoms with Gasteiger partial charge in [-0.05, 0) is 37.8 Å². The lowest BCUT2D eigenvalue weighted by molar-refractivity contribution is -0.116. The highest BCUT2D eigenvalue weighted by molar-refractivity contribution is 5.90. The fourth-order valence-electron chi connectivity index (χ4n) is 2.62. The van der Waals surface area contributed by atoms with Crippen LogP contribution in [0.15, 0.2) is 18.2 Å². The van der Waals surface area contributed by atoms with Crippen molar-refractivity contribution in [2.75, 3.05) is 18.4 Å². The second kappa shape index (κ2) is 8.36. The minimum absolute atomic E-state index is 0.158. The SMILES string of the molecule is Cc1cccc(NC(=O)CCNC(=O)NCC2CCCC2)n1. The van der Waals surface area contributed by atoms with Gasteiger partial charge in [-0.1, -0.05) is 18.9 Å². The van der Waals surface area contributed by atoms with E-state index in [0.29, 0.717) is 18.3 Å². The number of rotatable bonds is 6. The van der Waals surface area contributed by atoms with Gasteiger partial charge >= 0.3 is 6.03 Å². The molecule has 1 aliphatic rings. The molecule has 0 saturated heterocycles. The average molecular weight is 304 g/mol. The monoisotopic (exact) mass is 304 g/mol. The first-order valence-electron chi connectivity index (χ1n) is 7.88. The van der Waals surface area contributed by atoms with Crippen molar-refractivity contribution in [3.63, 3.8) is 0 Å². The summed E-state index contributed by atoms with van der Waals surface area (Å²) in [6.45, 7) is 2.91. The van der Waals surface area contributed by atoms with Gasteiger partial charge in [0.1, 0.15) is 5.82 Å². The lowest BCUT2D eigenvalue weighted by atomic mass is 10.1. The van der Waals surface area contributed by atoms with Crippen molar-refractivity contribution in [3.8, 4) is 0 Å². The first kappa shape index (κ1) is 16.3. The van der Waals surface area contributed by atoms with E-state index in [-0.39, 0.29) is 18.4 Å². The van der Waals surface area contributed by atoms with Crippen molar-refractivity contribution in [2.45, 2.75) is 39.0 Å². The first-order chi connectivity index (χ1) is 10.6. The van der Waals surface area contributed by atoms with Crippen molar-refractivity contribution >= 4 is 17.8 Å². The molecule has 0 spiro atoms. The molecule has 2 rings (SSSR count). The van der Waals surface area contributed by atoms with Gasteiger partial charge in [0.15, 0.2) is 0 Å². The van der Waals surface area contributed by atoms with E-state index in [1.807, 2.05) is 19.1 Å². The number of aryl methyl sites for hydroxylation is 1. The number of urea groups is 1. The molecule has 6 heteroatoms. The Bertz CT molecular complexity index is 513. The average Bonchev–Trinajstić information content (AvgIpc) is 2.98. The molecule has 3 N–H and O–H groups in total. The molecule has 0 aliphatic heterocycles. The van der Waals surface area contributed by atoms with Crippen LogP contribution in [0.3, 0.4) is 0 Å². The quantitative estimate of drug-likeness (QED) is 0.753. The van der Waals surface area contributed by atoms with Crippen LogP contribution >= 0.6 is 0 Å². The molecule has 120 valence electrons. The standard InChI is InChI=1S/C16H24N4O2/c1-12-5-4-8-14(19-12)20-15(21)9-10-17-16(22)18-11-13-6-2-3-7-13/h4-5,8,13H,2-3,6-7,9-11H2,1H3,(H2,17,18,22)(H,19,20,21). The Kier molecular flexibility index (Phi) is 6.18. The van der Waals surface area contributed by atoms with Crippen molar-refractivity contribution in [1.29, 1.82) is 0 Å². The van der Waals surface area contributed by atoms with Gasteiger partial charge in [0.2, 0.25) is 5.91 Å². The number of carbonyl (C=O) groups excluding carboxylic acids is 2. The maximum atomic E-state index is 11.7. The zero-order chi connectivity index (χ0) is 15.8. The molecule has 0 atom stereocenters. The number of aromatic nitrogens is 1. The van der Waals surface area contributed by atoms with Gasteiger partial charge < -0.3 is 16.0 Å². The van der Waals surface area contributed by atoms with E-state index >= 15 is 0 Å². The van der Waals surface area contributed by atoms with Gasteiger partial charge in [-0.15, -0.1) is 0 Å². The fourth-order valence-corrected chi connectivity index (χ4v) is 2.62. The Morgan fingerprint density at radius 2 is 2.00 bits per heavy atom. The van der Waals surface area contributed by atoms with Crippen LogP contribution in [-0.4, -0.2) is 30.0 Å². The molecule has 0 bridgehead atoms. The lowest BCUT2D eigenvalue weighted by Gasteiger charge is -2.11. The molecule has 1 aliphatic carbocycles. The highest BCUT2D eigenvalue weighted by Gasteiger charge is 2.15. The summed E-state index contributed by atoms with van der Waals surface area (Å²) in [6.07, 6.45) is 5.16. The van der Waals surface area contributed by atoms with Gasteiger partial charge in [-0.3, -0.25) is 4.79 Å². The van der Waals surface area contributed by atoms with Crippen molar-refractivity contribution in [2.24, 2.45) is 5.92 Å². The number of anilines is 1. The van der Waals surface area contributed by atoms with Gasteiger partial charge in [0, 0.05) is 25.2 Å². The molecule has 0 radical (unpaired) electrons. The third-order valence-electron chi connectivity index (χ3n) is 3.82. The molecule has 1 aromatic heterocycles. The van der Waals surface area contributed by atoms with Crippen LogP contribution in [-0.2, 0) is 4.79 Å². The summed E-state index contributed by atoms with van der Waals surface area (Å²) in [4.78, 5) is 27.6. The molecule has 0 aromatic carbocycles. The van der Waals surface area contributed by atoms with E-state index in [4.69, 9.17) is 0 Å². The van der Waals surface area contributed by atoms with Gasteiger partial charge in [-0.2, -0.15) is 0 Å². The van der Waals surface area contributed by atoms with E-state index in [1.165, 1.54) is 25.7 Å². The summed E-state index contributed by atoms with van der Waals surface area (Å²) in [6, 6.07) is 5.25. The Balaban J connectivity index is 1.59. The van der Waals surface area contributed by atoms with Crippen LogP contribution < -0.4 is 16.0 Å². The van der Waals surface area contributed by atoms with Crippen LogP contribution in [0, 0.1) is 12.8 Å². The Hall–Kier alpha value is -2.11. The van der Waals surface area contributed by atoms with E-state index in [1.54, 1.807) is 6.07 Å². The summed E-state index contributed by atoms with van der Waals surface area (Å²) in [7, 11) is 0. The molecular weight excluding hydrogens is 280 g/mol. The van der Waals surface area contributed by atoms with E-state index in [2.05, 4.69) is 20.9 Å². The second-order valence-electron chi connectivity index (χ2n) is 5.75. The predicted octanol–water partition coefficient (Wildman–Crippen LogP) is 2.21. The van der Waals surface area contributed by atoms with Crippen molar-refractivity contribution < 1.29 is 9.59 Å². The van der Waals surface area contributed by atoms with Crippen molar-refractivity contribution in [3.05, 3.63) is 23.9 Å². The number of nitrogens with one attached hydrogen (secondary N) is 3. The lowest BCUT2D eigenvalue weighted by Crippen LogP contribution is -2.39. The zero-order valence-corrected chi connectivity index (χ0v) is 13.0. The topological polar surface area (TPSA) is 83.1 Å². The minimum Gasteiger partial charge on any atom is -0.338 e. The van der Waals surface area contributed by atoms with Gasteiger partial charge in [0.25, 0.3) is 0 Å². The summed E-state index contributed by atoms with van der Waals surface area (Å²) < 4.78 is 0. The largest absolute Gasteiger partial charge is 0.338 e. The molecule has 3 amide bonds. The molecule has 6 nitrogen and oxygen atoms in total. The summed E-state index contributed by atoms with van der Waals surface area (Å²) in [5, 5.41) is 8.28. The maximum Gasteiger partial charge on any atom is 0.314 e. The number of nitrogens with zero attached hydrogens (tertiary/aromatic N) is 1. The Morgan fingerprint density at radius 1 is 1.23 bits per heavy atom. The summed E-state index contributed by atoms with van der Waals surface area (Å²) in [5.74, 6) is 0.992. The highest BCUT2D eigenvalue weighted by Crippen LogP contribution is 2.23. The smallest absolute Gasteiger partial charge is 0.314 e. The van der Waals surface area contributed by atoms with Crippen LogP contribution in [0.25, 0.3) is 0 Å².